The molecule has 1 amide bonds. The van der Waals surface area contributed by atoms with E-state index in [1.165, 1.54) is 16.2 Å². The van der Waals surface area contributed by atoms with Crippen LogP contribution in [-0.2, 0) is 0 Å². The number of carbonyl (C=O) groups excluding carboxylic acids is 1. The van der Waals surface area contributed by atoms with Gasteiger partial charge in [0.25, 0.3) is 5.91 Å². The summed E-state index contributed by atoms with van der Waals surface area (Å²) in [5.74, 6) is -0.217. The highest BCUT2D eigenvalue weighted by Crippen LogP contribution is 2.33. The van der Waals surface area contributed by atoms with Gasteiger partial charge in [0.05, 0.1) is 9.21 Å². The van der Waals surface area contributed by atoms with Crippen molar-refractivity contribution >= 4 is 51.5 Å². The third-order valence-electron chi connectivity index (χ3n) is 2.97. The quantitative estimate of drug-likeness (QED) is 0.687. The molecule has 0 aliphatic rings. The maximum absolute atomic E-state index is 11.9. The summed E-state index contributed by atoms with van der Waals surface area (Å²) >= 11 is 10.2. The molecule has 3 nitrogen and oxygen atoms in total. The molecule has 3 heterocycles. The van der Waals surface area contributed by atoms with Crippen LogP contribution in [0, 0.1) is 0 Å². The Hall–Kier alpha value is -1.18. The lowest BCUT2D eigenvalue weighted by molar-refractivity contribution is 0.0922. The predicted molar refractivity (Wildman–Crippen MR) is 94.3 cm³/mol. The van der Waals surface area contributed by atoms with Crippen molar-refractivity contribution in [2.75, 3.05) is 6.54 Å². The van der Waals surface area contributed by atoms with E-state index in [1.807, 2.05) is 23.6 Å². The molecule has 0 aliphatic carbocycles. The number of halogens is 1. The van der Waals surface area contributed by atoms with Crippen molar-refractivity contribution in [3.8, 4) is 9.75 Å². The molecule has 7 heteroatoms. The maximum Gasteiger partial charge on any atom is 0.261 e. The Balaban J connectivity index is 1.60. The highest BCUT2D eigenvalue weighted by Gasteiger charge is 2.14. The topological polar surface area (TPSA) is 49.3 Å². The molecule has 114 valence electrons. The van der Waals surface area contributed by atoms with Crippen molar-refractivity contribution in [3.63, 3.8) is 0 Å². The lowest BCUT2D eigenvalue weighted by Crippen LogP contribution is -2.27. The van der Waals surface area contributed by atoms with E-state index in [0.29, 0.717) is 9.21 Å². The van der Waals surface area contributed by atoms with Crippen LogP contribution in [0.4, 0.5) is 0 Å². The van der Waals surface area contributed by atoms with Crippen LogP contribution in [0.15, 0.2) is 41.8 Å². The molecule has 3 rings (SSSR count). The molecule has 1 unspecified atom stereocenters. The molecule has 0 saturated heterocycles. The Kier molecular flexibility index (Phi) is 4.95. The van der Waals surface area contributed by atoms with Crippen LogP contribution in [-0.4, -0.2) is 17.6 Å². The number of hydrogen-bond donors (Lipinski definition) is 2. The molecule has 0 spiro atoms. The fraction of sp³-hybridized carbons (Fsp3) is 0.133. The normalized spacial score (nSPS) is 12.3. The fourth-order valence-corrected chi connectivity index (χ4v) is 4.68. The smallest absolute Gasteiger partial charge is 0.261 e. The number of rotatable bonds is 5. The number of carbonyl (C=O) groups is 1. The fourth-order valence-electron chi connectivity index (χ4n) is 1.90. The third kappa shape index (κ3) is 3.59. The van der Waals surface area contributed by atoms with Crippen LogP contribution in [0.3, 0.4) is 0 Å². The van der Waals surface area contributed by atoms with E-state index < -0.39 is 6.10 Å². The van der Waals surface area contributed by atoms with E-state index in [9.17, 15) is 9.90 Å². The Morgan fingerprint density at radius 3 is 2.73 bits per heavy atom. The zero-order chi connectivity index (χ0) is 15.5. The molecule has 3 aromatic heterocycles. The Morgan fingerprint density at radius 1 is 1.18 bits per heavy atom. The van der Waals surface area contributed by atoms with E-state index in [2.05, 4.69) is 11.4 Å². The number of nitrogens with one attached hydrogen (secondary N) is 1. The molecule has 0 bridgehead atoms. The molecule has 0 radical (unpaired) electrons. The maximum atomic E-state index is 11.9. The molecule has 0 aromatic carbocycles. The van der Waals surface area contributed by atoms with Crippen molar-refractivity contribution < 1.29 is 9.90 Å². The van der Waals surface area contributed by atoms with Crippen molar-refractivity contribution in [1.29, 1.82) is 0 Å². The number of thiophene rings is 3. The second-order valence-electron chi connectivity index (χ2n) is 4.51. The van der Waals surface area contributed by atoms with Crippen molar-refractivity contribution in [3.05, 3.63) is 55.9 Å². The van der Waals surface area contributed by atoms with E-state index in [-0.39, 0.29) is 12.5 Å². The van der Waals surface area contributed by atoms with Gasteiger partial charge in [-0.05, 0) is 35.7 Å². The van der Waals surface area contributed by atoms with Gasteiger partial charge in [-0.15, -0.1) is 34.0 Å². The van der Waals surface area contributed by atoms with Gasteiger partial charge in [0.2, 0.25) is 0 Å². The van der Waals surface area contributed by atoms with Crippen molar-refractivity contribution in [1.82, 2.24) is 5.32 Å². The Morgan fingerprint density at radius 2 is 2.05 bits per heavy atom. The van der Waals surface area contributed by atoms with Crippen LogP contribution in [0.2, 0.25) is 4.34 Å². The van der Waals surface area contributed by atoms with Crippen LogP contribution < -0.4 is 5.32 Å². The molecule has 2 N–H and O–H groups in total. The van der Waals surface area contributed by atoms with Crippen LogP contribution in [0.5, 0.6) is 0 Å². The van der Waals surface area contributed by atoms with Gasteiger partial charge >= 0.3 is 0 Å². The summed E-state index contributed by atoms with van der Waals surface area (Å²) in [4.78, 5) is 15.6. The van der Waals surface area contributed by atoms with Crippen molar-refractivity contribution in [2.24, 2.45) is 0 Å². The monoisotopic (exact) mass is 369 g/mol. The highest BCUT2D eigenvalue weighted by atomic mass is 35.5. The van der Waals surface area contributed by atoms with Gasteiger partial charge in [-0.2, -0.15) is 0 Å². The van der Waals surface area contributed by atoms with Gasteiger partial charge in [-0.1, -0.05) is 17.7 Å². The molecule has 0 aliphatic heterocycles. The van der Waals surface area contributed by atoms with Gasteiger partial charge in [-0.25, -0.2) is 0 Å². The first-order valence-corrected chi connectivity index (χ1v) is 9.38. The summed E-state index contributed by atoms with van der Waals surface area (Å²) in [6, 6.07) is 11.3. The van der Waals surface area contributed by atoms with Crippen molar-refractivity contribution in [2.45, 2.75) is 6.10 Å². The summed E-state index contributed by atoms with van der Waals surface area (Å²) in [6.45, 7) is 0.179. The largest absolute Gasteiger partial charge is 0.386 e. The first-order valence-electron chi connectivity index (χ1n) is 6.48. The summed E-state index contributed by atoms with van der Waals surface area (Å²) < 4.78 is 0.574. The van der Waals surface area contributed by atoms with Gasteiger partial charge in [-0.3, -0.25) is 4.79 Å². The minimum atomic E-state index is -0.710. The first-order chi connectivity index (χ1) is 10.6. The van der Waals surface area contributed by atoms with E-state index in [1.54, 1.807) is 34.8 Å². The predicted octanol–water partition coefficient (Wildman–Crippen LogP) is 4.65. The summed E-state index contributed by atoms with van der Waals surface area (Å²) in [7, 11) is 0. The first kappa shape index (κ1) is 15.7. The van der Waals surface area contributed by atoms with Gasteiger partial charge in [0.1, 0.15) is 6.10 Å². The zero-order valence-corrected chi connectivity index (χ0v) is 14.5. The number of aliphatic hydroxyl groups excluding tert-OH is 1. The molecule has 0 saturated carbocycles. The van der Waals surface area contributed by atoms with E-state index in [0.717, 1.165) is 9.75 Å². The van der Waals surface area contributed by atoms with Crippen LogP contribution >= 0.6 is 45.6 Å². The zero-order valence-electron chi connectivity index (χ0n) is 11.3. The second-order valence-corrected chi connectivity index (χ2v) is 8.29. The second kappa shape index (κ2) is 6.93. The average molecular weight is 370 g/mol. The number of amides is 1. The molecule has 0 fully saturated rings. The summed E-state index contributed by atoms with van der Waals surface area (Å²) in [5, 5.41) is 15.0. The number of hydrogen-bond acceptors (Lipinski definition) is 5. The highest BCUT2D eigenvalue weighted by molar-refractivity contribution is 7.21. The third-order valence-corrected chi connectivity index (χ3v) is 6.45. The van der Waals surface area contributed by atoms with Gasteiger partial charge in [0, 0.05) is 21.2 Å². The molecular formula is C15H12ClNO2S3. The SMILES string of the molecule is O=C(NCC(O)c1ccc(-c2cccs2)s1)c1ccc(Cl)s1. The molecule has 3 aromatic rings. The average Bonchev–Trinajstić information content (AvgIpc) is 3.23. The van der Waals surface area contributed by atoms with Gasteiger partial charge < -0.3 is 10.4 Å². The Labute approximate surface area is 144 Å². The summed E-state index contributed by atoms with van der Waals surface area (Å²) in [5.41, 5.74) is 0. The Bertz CT molecular complexity index is 763. The molecule has 22 heavy (non-hydrogen) atoms. The lowest BCUT2D eigenvalue weighted by atomic mass is 10.3. The number of aliphatic hydroxyl groups is 1. The molecule has 1 atom stereocenters. The van der Waals surface area contributed by atoms with Gasteiger partial charge in [0.15, 0.2) is 0 Å². The van der Waals surface area contributed by atoms with E-state index >= 15 is 0 Å². The summed E-state index contributed by atoms with van der Waals surface area (Å²) in [6.07, 6.45) is -0.710. The standard InChI is InChI=1S/C15H12ClNO2S3/c16-14-6-5-13(22-14)15(19)17-8-9(18)10-3-4-12(21-10)11-2-1-7-20-11/h1-7,9,18H,8H2,(H,17,19). The minimum Gasteiger partial charge on any atom is -0.386 e. The van der Waals surface area contributed by atoms with Crippen LogP contribution in [0.25, 0.3) is 9.75 Å². The van der Waals surface area contributed by atoms with Crippen LogP contribution in [0.1, 0.15) is 20.7 Å². The lowest BCUT2D eigenvalue weighted by Gasteiger charge is -2.09. The van der Waals surface area contributed by atoms with E-state index in [4.69, 9.17) is 11.6 Å². The molecular weight excluding hydrogens is 358 g/mol. The minimum absolute atomic E-state index is 0.179.